The van der Waals surface area contributed by atoms with Gasteiger partial charge >= 0.3 is 5.97 Å². The number of aliphatic carboxylic acids is 1. The molecule has 0 saturated heterocycles. The Bertz CT molecular complexity index is 731. The molecule has 24 heavy (non-hydrogen) atoms. The number of nitrogens with one attached hydrogen (secondary N) is 1. The average molecular weight is 328 g/mol. The van der Waals surface area contributed by atoms with Gasteiger partial charge in [0.2, 0.25) is 0 Å². The van der Waals surface area contributed by atoms with Crippen molar-refractivity contribution in [3.8, 4) is 5.75 Å². The number of carbonyl (C=O) groups excluding carboxylic acids is 1. The third-order valence-electron chi connectivity index (χ3n) is 3.01. The largest absolute Gasteiger partial charge is 0.481 e. The molecule has 1 atom stereocenters. The number of para-hydroxylation sites is 1. The molecule has 2 aromatic carbocycles. The van der Waals surface area contributed by atoms with Crippen LogP contribution in [0.15, 0.2) is 59.7 Å². The predicted molar refractivity (Wildman–Crippen MR) is 86.7 cm³/mol. The Labute approximate surface area is 138 Å². The molecule has 0 heterocycles. The molecule has 2 rings (SSSR count). The summed E-state index contributed by atoms with van der Waals surface area (Å²) in [4.78, 5) is 22.4. The van der Waals surface area contributed by atoms with Crippen molar-refractivity contribution in [3.05, 3.63) is 65.7 Å². The smallest absolute Gasteiger partial charge is 0.341 e. The Balaban J connectivity index is 1.99. The third kappa shape index (κ3) is 4.92. The maximum atomic E-state index is 11.8. The Morgan fingerprint density at radius 2 is 1.79 bits per heavy atom. The van der Waals surface area contributed by atoms with Crippen LogP contribution in [-0.2, 0) is 9.59 Å². The van der Waals surface area contributed by atoms with Crippen LogP contribution in [0.25, 0.3) is 0 Å². The number of nitrogens with zero attached hydrogens (tertiary/aromatic N) is 1. The van der Waals surface area contributed by atoms with E-state index in [-0.39, 0.29) is 0 Å². The average Bonchev–Trinajstić information content (AvgIpc) is 2.60. The number of carboxylic acids is 1. The molecule has 0 aliphatic heterocycles. The summed E-state index contributed by atoms with van der Waals surface area (Å²) in [5.41, 5.74) is 3.18. The summed E-state index contributed by atoms with van der Waals surface area (Å²) in [7, 11) is 0. The van der Waals surface area contributed by atoms with Gasteiger partial charge in [-0.2, -0.15) is 5.10 Å². The van der Waals surface area contributed by atoms with Crippen molar-refractivity contribution >= 4 is 18.1 Å². The number of hydrogen-bond acceptors (Lipinski definition) is 5. The van der Waals surface area contributed by atoms with Gasteiger partial charge in [-0.25, -0.2) is 10.2 Å². The molecule has 3 N–H and O–H groups in total. The van der Waals surface area contributed by atoms with Crippen molar-refractivity contribution < 1.29 is 24.5 Å². The first-order chi connectivity index (χ1) is 11.6. The molecule has 1 amide bonds. The number of carboxylic acid groups (broad SMARTS) is 1. The first kappa shape index (κ1) is 17.2. The summed E-state index contributed by atoms with van der Waals surface area (Å²) in [6.07, 6.45) is -0.0193. The second-order valence-corrected chi connectivity index (χ2v) is 4.77. The molecule has 0 spiro atoms. The predicted octanol–water partition coefficient (Wildman–Crippen LogP) is 1.33. The normalized spacial score (nSPS) is 11.9. The second-order valence-electron chi connectivity index (χ2n) is 4.77. The summed E-state index contributed by atoms with van der Waals surface area (Å²) in [6, 6.07) is 15.1. The number of ether oxygens (including phenoxy) is 1. The highest BCUT2D eigenvalue weighted by molar-refractivity contribution is 5.86. The Morgan fingerprint density at radius 1 is 1.12 bits per heavy atom. The second kappa shape index (κ2) is 8.44. The number of hydrazone groups is 1. The van der Waals surface area contributed by atoms with Gasteiger partial charge in [0.15, 0.2) is 12.7 Å². The van der Waals surface area contributed by atoms with Gasteiger partial charge in [-0.3, -0.25) is 4.79 Å². The van der Waals surface area contributed by atoms with Crippen LogP contribution in [0.4, 0.5) is 0 Å². The number of aliphatic hydroxyl groups excluding tert-OH is 1. The molecule has 0 unspecified atom stereocenters. The number of amides is 1. The van der Waals surface area contributed by atoms with Crippen molar-refractivity contribution in [3.63, 3.8) is 0 Å². The van der Waals surface area contributed by atoms with Crippen molar-refractivity contribution in [1.82, 2.24) is 5.43 Å². The monoisotopic (exact) mass is 328 g/mol. The van der Waals surface area contributed by atoms with Crippen LogP contribution in [0.3, 0.4) is 0 Å². The van der Waals surface area contributed by atoms with Gasteiger partial charge in [0.1, 0.15) is 5.75 Å². The van der Waals surface area contributed by atoms with Gasteiger partial charge in [-0.05, 0) is 17.7 Å². The maximum absolute atomic E-state index is 11.8. The lowest BCUT2D eigenvalue weighted by Crippen LogP contribution is -2.25. The molecule has 0 saturated carbocycles. The minimum Gasteiger partial charge on any atom is -0.481 e. The van der Waals surface area contributed by atoms with E-state index in [4.69, 9.17) is 9.84 Å². The molecule has 0 aromatic heterocycles. The maximum Gasteiger partial charge on any atom is 0.341 e. The van der Waals surface area contributed by atoms with Crippen LogP contribution in [0.5, 0.6) is 5.75 Å². The first-order valence-electron chi connectivity index (χ1n) is 7.07. The fourth-order valence-corrected chi connectivity index (χ4v) is 1.87. The van der Waals surface area contributed by atoms with Crippen LogP contribution >= 0.6 is 0 Å². The molecule has 0 fully saturated rings. The Morgan fingerprint density at radius 3 is 2.50 bits per heavy atom. The summed E-state index contributed by atoms with van der Waals surface area (Å²) >= 11 is 0. The molecule has 7 heteroatoms. The lowest BCUT2D eigenvalue weighted by atomic mass is 10.1. The van der Waals surface area contributed by atoms with E-state index < -0.39 is 24.6 Å². The number of hydrogen-bond donors (Lipinski definition) is 3. The summed E-state index contributed by atoms with van der Waals surface area (Å²) < 4.78 is 5.12. The standard InChI is InChI=1S/C17H16N2O5/c20-15(21)11-24-14-9-5-4-8-13(14)10-18-19-17(23)16(22)12-6-2-1-3-7-12/h1-10,16,22H,11H2,(H,19,23)(H,20,21)/b18-10-/t16-/m0/s1. The Hall–Kier alpha value is -3.19. The van der Waals surface area contributed by atoms with Crippen LogP contribution < -0.4 is 10.2 Å². The first-order valence-corrected chi connectivity index (χ1v) is 7.07. The zero-order chi connectivity index (χ0) is 17.4. The van der Waals surface area contributed by atoms with E-state index in [0.29, 0.717) is 16.9 Å². The number of benzene rings is 2. The molecule has 2 aromatic rings. The molecule has 0 radical (unpaired) electrons. The van der Waals surface area contributed by atoms with E-state index in [1.54, 1.807) is 54.6 Å². The van der Waals surface area contributed by atoms with Crippen LogP contribution in [0, 0.1) is 0 Å². The van der Waals surface area contributed by atoms with E-state index >= 15 is 0 Å². The van der Waals surface area contributed by atoms with Gasteiger partial charge in [0, 0.05) is 5.56 Å². The minimum atomic E-state index is -1.33. The highest BCUT2D eigenvalue weighted by atomic mass is 16.5. The summed E-state index contributed by atoms with van der Waals surface area (Å²) in [5, 5.41) is 22.3. The zero-order valence-electron chi connectivity index (χ0n) is 12.6. The minimum absolute atomic E-state index is 0.321. The van der Waals surface area contributed by atoms with Gasteiger partial charge in [0.05, 0.1) is 6.21 Å². The fourth-order valence-electron chi connectivity index (χ4n) is 1.87. The molecular weight excluding hydrogens is 312 g/mol. The highest BCUT2D eigenvalue weighted by Crippen LogP contribution is 2.16. The van der Waals surface area contributed by atoms with Crippen LogP contribution in [0.2, 0.25) is 0 Å². The molecule has 0 aliphatic rings. The molecular formula is C17H16N2O5. The summed E-state index contributed by atoms with van der Waals surface area (Å²) in [6.45, 7) is -0.482. The van der Waals surface area contributed by atoms with E-state index in [9.17, 15) is 14.7 Å². The van der Waals surface area contributed by atoms with Crippen LogP contribution in [0.1, 0.15) is 17.2 Å². The molecule has 0 aliphatic carbocycles. The van der Waals surface area contributed by atoms with Gasteiger partial charge < -0.3 is 14.9 Å². The van der Waals surface area contributed by atoms with Gasteiger partial charge in [-0.1, -0.05) is 42.5 Å². The van der Waals surface area contributed by atoms with E-state index in [1.807, 2.05) is 0 Å². The Kier molecular flexibility index (Phi) is 6.04. The number of aliphatic hydroxyl groups is 1. The van der Waals surface area contributed by atoms with Gasteiger partial charge in [0.25, 0.3) is 5.91 Å². The highest BCUT2D eigenvalue weighted by Gasteiger charge is 2.16. The number of carbonyl (C=O) groups is 2. The fraction of sp³-hybridized carbons (Fsp3) is 0.118. The topological polar surface area (TPSA) is 108 Å². The van der Waals surface area contributed by atoms with Crippen LogP contribution in [-0.4, -0.2) is 34.9 Å². The van der Waals surface area contributed by atoms with Crippen molar-refractivity contribution in [2.75, 3.05) is 6.61 Å². The molecule has 0 bridgehead atoms. The number of rotatable bonds is 7. The van der Waals surface area contributed by atoms with E-state index in [1.165, 1.54) is 6.21 Å². The zero-order valence-corrected chi connectivity index (χ0v) is 12.6. The quantitative estimate of drug-likeness (QED) is 0.525. The van der Waals surface area contributed by atoms with Crippen molar-refractivity contribution in [1.29, 1.82) is 0 Å². The summed E-state index contributed by atoms with van der Waals surface area (Å²) in [5.74, 6) is -1.45. The van der Waals surface area contributed by atoms with E-state index in [2.05, 4.69) is 10.5 Å². The van der Waals surface area contributed by atoms with E-state index in [0.717, 1.165) is 0 Å². The lowest BCUT2D eigenvalue weighted by Gasteiger charge is -2.09. The molecule has 124 valence electrons. The SMILES string of the molecule is O=C(O)COc1ccccc1/C=N\NC(=O)[C@@H](O)c1ccccc1. The van der Waals surface area contributed by atoms with Gasteiger partial charge in [-0.15, -0.1) is 0 Å². The molecule has 7 nitrogen and oxygen atoms in total. The van der Waals surface area contributed by atoms with Crippen molar-refractivity contribution in [2.24, 2.45) is 5.10 Å². The van der Waals surface area contributed by atoms with Crippen molar-refractivity contribution in [2.45, 2.75) is 6.10 Å². The lowest BCUT2D eigenvalue weighted by molar-refractivity contribution is -0.139. The third-order valence-corrected chi connectivity index (χ3v) is 3.01.